The topological polar surface area (TPSA) is 46.6 Å². The molecule has 4 nitrogen and oxygen atoms in total. The third kappa shape index (κ3) is 5.87. The molecule has 1 heterocycles. The first-order valence-electron chi connectivity index (χ1n) is 10.6. The summed E-state index contributed by atoms with van der Waals surface area (Å²) < 4.78 is 5.63. The zero-order valence-electron chi connectivity index (χ0n) is 17.5. The van der Waals surface area contributed by atoms with Gasteiger partial charge in [0.1, 0.15) is 5.75 Å². The maximum absolute atomic E-state index is 13.0. The number of nitrogens with zero attached hydrogens (tertiary/aromatic N) is 1. The van der Waals surface area contributed by atoms with Gasteiger partial charge in [0.25, 0.3) is 11.8 Å². The van der Waals surface area contributed by atoms with E-state index in [9.17, 15) is 9.59 Å². The number of benzene rings is 1. The Morgan fingerprint density at radius 2 is 1.54 bits per heavy atom. The lowest BCUT2D eigenvalue weighted by Crippen LogP contribution is -2.32. The van der Waals surface area contributed by atoms with Crippen LogP contribution in [0.4, 0.5) is 0 Å². The van der Waals surface area contributed by atoms with Crippen LogP contribution in [0, 0.1) is 0 Å². The number of imide groups is 1. The van der Waals surface area contributed by atoms with Crippen molar-refractivity contribution in [3.8, 4) is 5.75 Å². The van der Waals surface area contributed by atoms with E-state index in [1.165, 1.54) is 42.3 Å². The summed E-state index contributed by atoms with van der Waals surface area (Å²) in [7, 11) is 0. The molecule has 1 aliphatic heterocycles. The number of hydrogen-bond donors (Lipinski definition) is 0. The molecule has 0 aromatic heterocycles. The van der Waals surface area contributed by atoms with Gasteiger partial charge in [-0.2, -0.15) is 0 Å². The Morgan fingerprint density at radius 1 is 0.857 bits per heavy atom. The lowest BCUT2D eigenvalue weighted by Gasteiger charge is -2.15. The third-order valence-electron chi connectivity index (χ3n) is 4.77. The molecule has 0 unspecified atom stereocenters. The van der Waals surface area contributed by atoms with E-state index in [-0.39, 0.29) is 11.8 Å². The predicted octanol–water partition coefficient (Wildman–Crippen LogP) is 5.67. The Morgan fingerprint density at radius 3 is 2.18 bits per heavy atom. The van der Waals surface area contributed by atoms with E-state index in [0.717, 1.165) is 36.3 Å². The molecule has 1 aromatic rings. The van der Waals surface area contributed by atoms with Crippen LogP contribution in [0.2, 0.25) is 0 Å². The number of hydrogen-bond acceptors (Lipinski definition) is 4. The fraction of sp³-hybridized carbons (Fsp3) is 0.565. The van der Waals surface area contributed by atoms with Crippen LogP contribution in [0.3, 0.4) is 0 Å². The van der Waals surface area contributed by atoms with Gasteiger partial charge in [-0.3, -0.25) is 14.5 Å². The van der Waals surface area contributed by atoms with Gasteiger partial charge in [0, 0.05) is 6.54 Å². The van der Waals surface area contributed by atoms with Crippen LogP contribution >= 0.6 is 11.8 Å². The smallest absolute Gasteiger partial charge is 0.267 e. The van der Waals surface area contributed by atoms with E-state index in [0.29, 0.717) is 23.6 Å². The highest BCUT2D eigenvalue weighted by Crippen LogP contribution is 2.36. The van der Waals surface area contributed by atoms with Crippen LogP contribution in [0.25, 0.3) is 5.57 Å². The van der Waals surface area contributed by atoms with Gasteiger partial charge < -0.3 is 4.74 Å². The third-order valence-corrected chi connectivity index (χ3v) is 5.72. The van der Waals surface area contributed by atoms with E-state index in [4.69, 9.17) is 4.74 Å². The van der Waals surface area contributed by atoms with E-state index < -0.39 is 0 Å². The number of rotatable bonds is 13. The minimum absolute atomic E-state index is 0.133. The molecule has 28 heavy (non-hydrogen) atoms. The summed E-state index contributed by atoms with van der Waals surface area (Å²) in [6.07, 6.45) is 7.75. The Hall–Kier alpha value is -1.75. The lowest BCUT2D eigenvalue weighted by atomic mass is 10.1. The van der Waals surface area contributed by atoms with Gasteiger partial charge in [-0.15, -0.1) is 11.8 Å². The van der Waals surface area contributed by atoms with Crippen LogP contribution in [0.5, 0.6) is 5.75 Å². The quantitative estimate of drug-likeness (QED) is 0.314. The van der Waals surface area contributed by atoms with Crippen molar-refractivity contribution >= 4 is 29.1 Å². The largest absolute Gasteiger partial charge is 0.494 e. The molecule has 0 atom stereocenters. The molecular formula is C23H33NO3S. The minimum Gasteiger partial charge on any atom is -0.494 e. The van der Waals surface area contributed by atoms with Crippen LogP contribution in [0.1, 0.15) is 71.3 Å². The number of carbonyl (C=O) groups excluding carboxylic acids is 2. The fourth-order valence-electron chi connectivity index (χ4n) is 3.28. The van der Waals surface area contributed by atoms with Gasteiger partial charge in [-0.05, 0) is 36.3 Å². The molecule has 2 rings (SSSR count). The molecule has 154 valence electrons. The fourth-order valence-corrected chi connectivity index (χ4v) is 4.15. The van der Waals surface area contributed by atoms with Crippen molar-refractivity contribution in [2.75, 3.05) is 18.9 Å². The molecule has 0 radical (unpaired) electrons. The number of thioether (sulfide) groups is 1. The summed E-state index contributed by atoms with van der Waals surface area (Å²) in [6.45, 7) is 7.45. The Labute approximate surface area is 173 Å². The van der Waals surface area contributed by atoms with Gasteiger partial charge in [0.2, 0.25) is 0 Å². The SMILES string of the molecule is CCCCCCCCN1C(=O)C(SCC)=C(c2ccc(OCCC)cc2)C1=O. The van der Waals surface area contributed by atoms with Crippen molar-refractivity contribution in [2.45, 2.75) is 65.7 Å². The number of ether oxygens (including phenoxy) is 1. The summed E-state index contributed by atoms with van der Waals surface area (Å²) in [4.78, 5) is 27.9. The average molecular weight is 404 g/mol. The molecule has 0 N–H and O–H groups in total. The van der Waals surface area contributed by atoms with Crippen LogP contribution in [-0.4, -0.2) is 35.6 Å². The van der Waals surface area contributed by atoms with Crippen molar-refractivity contribution in [1.29, 1.82) is 0 Å². The molecule has 1 aliphatic rings. The zero-order chi connectivity index (χ0) is 20.4. The normalized spacial score (nSPS) is 14.3. The van der Waals surface area contributed by atoms with E-state index >= 15 is 0 Å². The second-order valence-corrected chi connectivity index (χ2v) is 8.31. The highest BCUT2D eigenvalue weighted by molar-refractivity contribution is 8.04. The second kappa shape index (κ2) is 11.9. The first-order chi connectivity index (χ1) is 13.6. The highest BCUT2D eigenvalue weighted by Gasteiger charge is 2.38. The summed E-state index contributed by atoms with van der Waals surface area (Å²) in [5, 5.41) is 0. The van der Waals surface area contributed by atoms with Crippen molar-refractivity contribution in [3.63, 3.8) is 0 Å². The monoisotopic (exact) mass is 403 g/mol. The molecule has 0 saturated heterocycles. The zero-order valence-corrected chi connectivity index (χ0v) is 18.3. The van der Waals surface area contributed by atoms with Crippen molar-refractivity contribution < 1.29 is 14.3 Å². The van der Waals surface area contributed by atoms with Gasteiger partial charge in [-0.1, -0.05) is 65.0 Å². The second-order valence-electron chi connectivity index (χ2n) is 7.04. The molecule has 2 amide bonds. The Kier molecular flexibility index (Phi) is 9.62. The predicted molar refractivity (Wildman–Crippen MR) is 117 cm³/mol. The van der Waals surface area contributed by atoms with E-state index in [1.54, 1.807) is 0 Å². The molecule has 0 aliphatic carbocycles. The summed E-state index contributed by atoms with van der Waals surface area (Å²) in [5.41, 5.74) is 1.34. The van der Waals surface area contributed by atoms with Crippen LogP contribution < -0.4 is 4.74 Å². The van der Waals surface area contributed by atoms with E-state index in [1.807, 2.05) is 31.2 Å². The minimum atomic E-state index is -0.156. The molecule has 0 spiro atoms. The molecule has 0 bridgehead atoms. The maximum Gasteiger partial charge on any atom is 0.267 e. The molecule has 1 aromatic carbocycles. The summed E-state index contributed by atoms with van der Waals surface area (Å²) in [6, 6.07) is 7.52. The summed E-state index contributed by atoms with van der Waals surface area (Å²) >= 11 is 1.46. The number of carbonyl (C=O) groups is 2. The van der Waals surface area contributed by atoms with Gasteiger partial charge in [0.15, 0.2) is 0 Å². The van der Waals surface area contributed by atoms with E-state index in [2.05, 4.69) is 13.8 Å². The Balaban J connectivity index is 2.08. The summed E-state index contributed by atoms with van der Waals surface area (Å²) in [5.74, 6) is 1.26. The standard InChI is InChI=1S/C23H33NO3S/c1-4-7-8-9-10-11-16-24-22(25)20(21(23(24)26)28-6-3)18-12-14-19(15-13-18)27-17-5-2/h12-15H,4-11,16-17H2,1-3H3. The molecular weight excluding hydrogens is 370 g/mol. The van der Waals surface area contributed by atoms with Gasteiger partial charge in [-0.25, -0.2) is 0 Å². The van der Waals surface area contributed by atoms with Crippen molar-refractivity contribution in [1.82, 2.24) is 4.90 Å². The van der Waals surface area contributed by atoms with Gasteiger partial charge >= 0.3 is 0 Å². The first kappa shape index (κ1) is 22.5. The van der Waals surface area contributed by atoms with Gasteiger partial charge in [0.05, 0.1) is 17.1 Å². The Bertz CT molecular complexity index is 682. The average Bonchev–Trinajstić information content (AvgIpc) is 2.94. The number of unbranched alkanes of at least 4 members (excludes halogenated alkanes) is 5. The van der Waals surface area contributed by atoms with Crippen molar-refractivity contribution in [3.05, 3.63) is 34.7 Å². The lowest BCUT2D eigenvalue weighted by molar-refractivity contribution is -0.136. The maximum atomic E-state index is 13.0. The van der Waals surface area contributed by atoms with Crippen LogP contribution in [0.15, 0.2) is 29.2 Å². The first-order valence-corrected chi connectivity index (χ1v) is 11.6. The molecule has 0 fully saturated rings. The number of amides is 2. The molecule has 5 heteroatoms. The van der Waals surface area contributed by atoms with Crippen LogP contribution in [-0.2, 0) is 9.59 Å². The molecule has 0 saturated carbocycles. The van der Waals surface area contributed by atoms with Crippen molar-refractivity contribution in [2.24, 2.45) is 0 Å². The highest BCUT2D eigenvalue weighted by atomic mass is 32.2.